The summed E-state index contributed by atoms with van der Waals surface area (Å²) >= 11 is 0. The molecular weight excluding hydrogens is 351 g/mol. The molecule has 0 aromatic heterocycles. The van der Waals surface area contributed by atoms with Gasteiger partial charge >= 0.3 is 6.18 Å². The topological polar surface area (TPSA) is 37.4 Å². The normalized spacial score (nSPS) is 16.4. The van der Waals surface area contributed by atoms with Crippen molar-refractivity contribution in [3.63, 3.8) is 0 Å². The van der Waals surface area contributed by atoms with Crippen LogP contribution in [0.15, 0.2) is 18.2 Å². The van der Waals surface area contributed by atoms with E-state index in [0.29, 0.717) is 25.9 Å². The molecule has 0 spiro atoms. The minimum atomic E-state index is -4.33. The van der Waals surface area contributed by atoms with Crippen molar-refractivity contribution in [3.05, 3.63) is 34.9 Å². The van der Waals surface area contributed by atoms with E-state index in [2.05, 4.69) is 0 Å². The predicted octanol–water partition coefficient (Wildman–Crippen LogP) is 5.21. The van der Waals surface area contributed by atoms with Gasteiger partial charge in [-0.25, -0.2) is 12.7 Å². The molecule has 0 bridgehead atoms. The van der Waals surface area contributed by atoms with Crippen LogP contribution in [0.25, 0.3) is 0 Å². The largest absolute Gasteiger partial charge is 0.416 e. The van der Waals surface area contributed by atoms with Gasteiger partial charge in [0.05, 0.1) is 11.8 Å². The van der Waals surface area contributed by atoms with Gasteiger partial charge in [-0.05, 0) is 42.9 Å². The average molecular weight is 382 g/mol. The predicted molar refractivity (Wildman–Crippen MR) is 97.3 cm³/mol. The van der Waals surface area contributed by atoms with Crippen molar-refractivity contribution >= 4 is 10.0 Å². The molecule has 25 heavy (non-hydrogen) atoms. The second-order valence-corrected chi connectivity index (χ2v) is 7.49. The molecule has 0 unspecified atom stereocenters. The van der Waals surface area contributed by atoms with Crippen LogP contribution in [0.5, 0.6) is 0 Å². The summed E-state index contributed by atoms with van der Waals surface area (Å²) in [5.74, 6) is 0.115. The zero-order chi connectivity index (χ0) is 19.8. The number of alkyl halides is 3. The number of nitrogens with zero attached hydrogens (tertiary/aromatic N) is 1. The molecule has 0 amide bonds. The first-order chi connectivity index (χ1) is 11.6. The molecule has 1 fully saturated rings. The Morgan fingerprint density at radius 2 is 1.52 bits per heavy atom. The van der Waals surface area contributed by atoms with Crippen molar-refractivity contribution in [1.82, 2.24) is 4.31 Å². The highest BCUT2D eigenvalue weighted by Gasteiger charge is 2.33. The Bertz CT molecular complexity index is 620. The molecule has 0 radical (unpaired) electrons. The first kappa shape index (κ1) is 23.9. The molecule has 0 saturated carbocycles. The number of aryl methyl sites for hydroxylation is 1. The smallest absolute Gasteiger partial charge is 0.213 e. The Morgan fingerprint density at radius 1 is 1.04 bits per heavy atom. The Balaban J connectivity index is 0.00000134. The van der Waals surface area contributed by atoms with Crippen LogP contribution in [-0.4, -0.2) is 32.1 Å². The number of halogens is 3. The van der Waals surface area contributed by atoms with E-state index >= 15 is 0 Å². The highest BCUT2D eigenvalue weighted by Crippen LogP contribution is 2.35. The van der Waals surface area contributed by atoms with Gasteiger partial charge in [0.2, 0.25) is 10.0 Å². The Morgan fingerprint density at radius 3 is 1.88 bits per heavy atom. The third kappa shape index (κ3) is 6.98. The molecule has 1 aliphatic heterocycles. The fraction of sp³-hybridized carbons (Fsp3) is 0.667. The van der Waals surface area contributed by atoms with Crippen LogP contribution in [0.3, 0.4) is 0 Å². The van der Waals surface area contributed by atoms with Gasteiger partial charge in [-0.15, -0.1) is 0 Å². The first-order valence-electron chi connectivity index (χ1n) is 8.72. The van der Waals surface area contributed by atoms with Crippen LogP contribution in [0.1, 0.15) is 63.1 Å². The maximum atomic E-state index is 12.7. The molecular formula is C18H30F3NO2S. The highest BCUT2D eigenvalue weighted by atomic mass is 32.2. The molecule has 146 valence electrons. The van der Waals surface area contributed by atoms with Crippen molar-refractivity contribution < 1.29 is 21.6 Å². The van der Waals surface area contributed by atoms with Crippen LogP contribution in [0, 0.1) is 6.92 Å². The fourth-order valence-corrected chi connectivity index (χ4v) is 3.65. The number of hydrogen-bond acceptors (Lipinski definition) is 2. The lowest BCUT2D eigenvalue weighted by Gasteiger charge is -2.30. The van der Waals surface area contributed by atoms with Crippen LogP contribution < -0.4 is 0 Å². The van der Waals surface area contributed by atoms with Gasteiger partial charge in [-0.1, -0.05) is 39.8 Å². The van der Waals surface area contributed by atoms with E-state index in [0.717, 1.165) is 11.6 Å². The van der Waals surface area contributed by atoms with Crippen molar-refractivity contribution in [3.8, 4) is 0 Å². The molecule has 1 saturated heterocycles. The summed E-state index contributed by atoms with van der Waals surface area (Å²) in [4.78, 5) is 0. The molecule has 2 rings (SSSR count). The quantitative estimate of drug-likeness (QED) is 0.706. The van der Waals surface area contributed by atoms with Gasteiger partial charge in [0.15, 0.2) is 0 Å². The minimum absolute atomic E-state index is 0.115. The molecule has 1 heterocycles. The van der Waals surface area contributed by atoms with Gasteiger partial charge < -0.3 is 0 Å². The third-order valence-corrected chi connectivity index (χ3v) is 5.25. The van der Waals surface area contributed by atoms with E-state index in [-0.39, 0.29) is 11.5 Å². The Kier molecular flexibility index (Phi) is 9.72. The number of benzene rings is 1. The van der Waals surface area contributed by atoms with Crippen LogP contribution in [0.4, 0.5) is 13.2 Å². The van der Waals surface area contributed by atoms with Crippen molar-refractivity contribution in [2.24, 2.45) is 0 Å². The lowest BCUT2D eigenvalue weighted by molar-refractivity contribution is -0.138. The molecule has 7 heteroatoms. The van der Waals surface area contributed by atoms with Crippen molar-refractivity contribution in [2.75, 3.05) is 19.3 Å². The third-order valence-electron chi connectivity index (χ3n) is 3.95. The molecule has 0 atom stereocenters. The SMILES string of the molecule is CC.CC.Cc1cc(C2CCN(S(C)(=O)=O)CC2)ccc1C(F)(F)F. The zero-order valence-corrected chi connectivity index (χ0v) is 16.8. The van der Waals surface area contributed by atoms with Gasteiger partial charge in [-0.2, -0.15) is 13.2 Å². The zero-order valence-electron chi connectivity index (χ0n) is 15.9. The second kappa shape index (κ2) is 10.2. The molecule has 0 N–H and O–H groups in total. The van der Waals surface area contributed by atoms with E-state index in [1.807, 2.05) is 27.7 Å². The monoisotopic (exact) mass is 381 g/mol. The van der Waals surface area contributed by atoms with Gasteiger partial charge in [0.25, 0.3) is 0 Å². The summed E-state index contributed by atoms with van der Waals surface area (Å²) in [5, 5.41) is 0. The standard InChI is InChI=1S/C14H18F3NO2S.2C2H6/c1-10-9-12(3-4-13(10)14(15,16)17)11-5-7-18(8-6-11)21(2,19)20;2*1-2/h3-4,9,11H,5-8H2,1-2H3;2*1-2H3. The number of rotatable bonds is 2. The fourth-order valence-electron chi connectivity index (χ4n) is 2.78. The summed E-state index contributed by atoms with van der Waals surface area (Å²) in [6.45, 7) is 10.3. The van der Waals surface area contributed by atoms with E-state index in [9.17, 15) is 21.6 Å². The van der Waals surface area contributed by atoms with Crippen LogP contribution >= 0.6 is 0 Å². The second-order valence-electron chi connectivity index (χ2n) is 5.51. The lowest BCUT2D eigenvalue weighted by atomic mass is 9.88. The van der Waals surface area contributed by atoms with Gasteiger partial charge in [-0.3, -0.25) is 0 Å². The molecule has 1 aliphatic rings. The van der Waals surface area contributed by atoms with Crippen LogP contribution in [-0.2, 0) is 16.2 Å². The summed E-state index contributed by atoms with van der Waals surface area (Å²) in [5.41, 5.74) is 0.457. The highest BCUT2D eigenvalue weighted by molar-refractivity contribution is 7.88. The summed E-state index contributed by atoms with van der Waals surface area (Å²) in [6, 6.07) is 4.20. The average Bonchev–Trinajstić information content (AvgIpc) is 2.56. The van der Waals surface area contributed by atoms with E-state index in [4.69, 9.17) is 0 Å². The Labute approximate surface area is 150 Å². The van der Waals surface area contributed by atoms with Crippen molar-refractivity contribution in [1.29, 1.82) is 0 Å². The van der Waals surface area contributed by atoms with E-state index in [1.165, 1.54) is 23.6 Å². The van der Waals surface area contributed by atoms with E-state index in [1.54, 1.807) is 6.07 Å². The molecule has 1 aromatic rings. The Hall–Kier alpha value is -1.08. The van der Waals surface area contributed by atoms with Gasteiger partial charge in [0, 0.05) is 13.1 Å². The first-order valence-corrected chi connectivity index (χ1v) is 10.6. The minimum Gasteiger partial charge on any atom is -0.213 e. The maximum Gasteiger partial charge on any atom is 0.416 e. The van der Waals surface area contributed by atoms with Crippen LogP contribution in [0.2, 0.25) is 0 Å². The summed E-state index contributed by atoms with van der Waals surface area (Å²) < 4.78 is 62.5. The molecule has 3 nitrogen and oxygen atoms in total. The number of hydrogen-bond donors (Lipinski definition) is 0. The number of piperidine rings is 1. The van der Waals surface area contributed by atoms with Crippen molar-refractivity contribution in [2.45, 2.75) is 59.6 Å². The van der Waals surface area contributed by atoms with E-state index < -0.39 is 21.8 Å². The van der Waals surface area contributed by atoms with Gasteiger partial charge in [0.1, 0.15) is 0 Å². The summed E-state index contributed by atoms with van der Waals surface area (Å²) in [7, 11) is -3.18. The molecule has 0 aliphatic carbocycles. The lowest BCUT2D eigenvalue weighted by Crippen LogP contribution is -2.37. The maximum absolute atomic E-state index is 12.7. The molecule has 1 aromatic carbocycles. The summed E-state index contributed by atoms with van der Waals surface area (Å²) in [6.07, 6.45) is -1.88. The number of sulfonamides is 1.